The third kappa shape index (κ3) is 5.96. The van der Waals surface area contributed by atoms with Gasteiger partial charge in [-0.05, 0) is 31.1 Å². The Morgan fingerprint density at radius 3 is 2.18 bits per heavy atom. The summed E-state index contributed by atoms with van der Waals surface area (Å²) in [6, 6.07) is 0. The maximum absolute atomic E-state index is 10.1. The number of nitrogens with zero attached hydrogens (tertiary/aromatic N) is 1. The van der Waals surface area contributed by atoms with Crippen LogP contribution in [-0.2, 0) is 4.43 Å². The Hall–Kier alpha value is -0.713. The summed E-state index contributed by atoms with van der Waals surface area (Å²) in [6.07, 6.45) is 6.30. The molecule has 0 amide bonds. The lowest BCUT2D eigenvalue weighted by Crippen LogP contribution is -2.49. The molecule has 0 aliphatic carbocycles. The van der Waals surface area contributed by atoms with Gasteiger partial charge in [-0.25, -0.2) is 0 Å². The van der Waals surface area contributed by atoms with Gasteiger partial charge in [0, 0.05) is 6.20 Å². The minimum absolute atomic E-state index is 0.0573. The lowest BCUT2D eigenvalue weighted by Gasteiger charge is -2.40. The SMILES string of the molecule is C=C/C=C\N=CC(C)(O)O[Si](C)(C)C(C)(C)C. The van der Waals surface area contributed by atoms with Crippen LogP contribution in [0.3, 0.4) is 0 Å². The van der Waals surface area contributed by atoms with E-state index in [9.17, 15) is 5.11 Å². The van der Waals surface area contributed by atoms with Crippen molar-refractivity contribution in [3.05, 3.63) is 24.9 Å². The van der Waals surface area contributed by atoms with Crippen LogP contribution in [0.5, 0.6) is 0 Å². The fourth-order valence-corrected chi connectivity index (χ4v) is 2.38. The summed E-state index contributed by atoms with van der Waals surface area (Å²) >= 11 is 0. The molecule has 0 spiro atoms. The van der Waals surface area contributed by atoms with Crippen LogP contribution < -0.4 is 0 Å². The summed E-state index contributed by atoms with van der Waals surface area (Å²) in [5.74, 6) is -1.32. The molecular formula is C13H25NO2Si. The third-order valence-electron chi connectivity index (χ3n) is 2.89. The largest absolute Gasteiger partial charge is 0.386 e. The maximum Gasteiger partial charge on any atom is 0.196 e. The normalized spacial score (nSPS) is 17.6. The molecule has 1 unspecified atom stereocenters. The van der Waals surface area contributed by atoms with Gasteiger partial charge in [0.2, 0.25) is 0 Å². The lowest BCUT2D eigenvalue weighted by atomic mass is 10.2. The topological polar surface area (TPSA) is 41.8 Å². The standard InChI is InChI=1S/C13H25NO2Si/c1-8-9-10-14-11-13(5,15)16-17(6,7)12(2,3)4/h8-11,15H,1H2,2-7H3/b10-9-,14-11?. The zero-order valence-corrected chi connectivity index (χ0v) is 12.8. The monoisotopic (exact) mass is 255 g/mol. The number of allylic oxidation sites excluding steroid dienone is 2. The van der Waals surface area contributed by atoms with Crippen LogP contribution in [0.15, 0.2) is 29.9 Å². The predicted octanol–water partition coefficient (Wildman–Crippen LogP) is 3.49. The van der Waals surface area contributed by atoms with Crippen LogP contribution in [0.2, 0.25) is 18.1 Å². The van der Waals surface area contributed by atoms with Gasteiger partial charge in [0.25, 0.3) is 0 Å². The van der Waals surface area contributed by atoms with Gasteiger partial charge in [-0.3, -0.25) is 4.99 Å². The van der Waals surface area contributed by atoms with E-state index in [-0.39, 0.29) is 5.04 Å². The van der Waals surface area contributed by atoms with E-state index >= 15 is 0 Å². The van der Waals surface area contributed by atoms with E-state index in [4.69, 9.17) is 4.43 Å². The van der Waals surface area contributed by atoms with Crippen LogP contribution in [0.1, 0.15) is 27.7 Å². The molecule has 0 saturated heterocycles. The first-order valence-corrected chi connectivity index (χ1v) is 8.67. The quantitative estimate of drug-likeness (QED) is 0.354. The highest BCUT2D eigenvalue weighted by Crippen LogP contribution is 2.38. The molecular weight excluding hydrogens is 230 g/mol. The van der Waals surface area contributed by atoms with Gasteiger partial charge in [-0.2, -0.15) is 0 Å². The van der Waals surface area contributed by atoms with Gasteiger partial charge in [-0.1, -0.05) is 33.4 Å². The van der Waals surface area contributed by atoms with Crippen LogP contribution in [0.25, 0.3) is 0 Å². The van der Waals surface area contributed by atoms with E-state index in [0.717, 1.165) is 0 Å². The molecule has 0 aromatic carbocycles. The third-order valence-corrected chi connectivity index (χ3v) is 7.43. The highest BCUT2D eigenvalue weighted by molar-refractivity contribution is 6.74. The molecule has 0 rings (SSSR count). The van der Waals surface area contributed by atoms with Crippen LogP contribution >= 0.6 is 0 Å². The number of hydrogen-bond acceptors (Lipinski definition) is 3. The molecule has 0 radical (unpaired) electrons. The molecule has 0 heterocycles. The van der Waals surface area contributed by atoms with Crippen molar-refractivity contribution in [1.29, 1.82) is 0 Å². The second kappa shape index (κ2) is 5.75. The Bertz CT molecular complexity index is 312. The smallest absolute Gasteiger partial charge is 0.196 e. The van der Waals surface area contributed by atoms with Gasteiger partial charge < -0.3 is 9.53 Å². The summed E-state index contributed by atoms with van der Waals surface area (Å²) in [4.78, 5) is 3.97. The first kappa shape index (κ1) is 16.3. The van der Waals surface area contributed by atoms with E-state index in [1.54, 1.807) is 25.3 Å². The first-order chi connectivity index (χ1) is 7.52. The molecule has 3 nitrogen and oxygen atoms in total. The van der Waals surface area contributed by atoms with Crippen LogP contribution in [-0.4, -0.2) is 25.4 Å². The minimum Gasteiger partial charge on any atom is -0.386 e. The summed E-state index contributed by atoms with van der Waals surface area (Å²) in [5.41, 5.74) is 0. The van der Waals surface area contributed by atoms with Crippen molar-refractivity contribution in [2.24, 2.45) is 4.99 Å². The Labute approximate surface area is 106 Å². The van der Waals surface area contributed by atoms with Gasteiger partial charge >= 0.3 is 0 Å². The number of hydrogen-bond donors (Lipinski definition) is 1. The number of aliphatic imine (C=N–C) groups is 1. The summed E-state index contributed by atoms with van der Waals surface area (Å²) in [5, 5.41) is 10.2. The zero-order valence-electron chi connectivity index (χ0n) is 11.8. The first-order valence-electron chi connectivity index (χ1n) is 5.76. The molecule has 17 heavy (non-hydrogen) atoms. The average molecular weight is 255 g/mol. The fraction of sp³-hybridized carbons (Fsp3) is 0.615. The van der Waals surface area contributed by atoms with Crippen molar-refractivity contribution in [3.63, 3.8) is 0 Å². The molecule has 0 aromatic rings. The summed E-state index contributed by atoms with van der Waals surface area (Å²) in [6.45, 7) is 15.7. The van der Waals surface area contributed by atoms with Crippen molar-refractivity contribution >= 4 is 14.5 Å². The van der Waals surface area contributed by atoms with E-state index in [0.29, 0.717) is 0 Å². The molecule has 4 heteroatoms. The average Bonchev–Trinajstić information content (AvgIpc) is 2.09. The molecule has 0 bridgehead atoms. The molecule has 98 valence electrons. The molecule has 0 aliphatic heterocycles. The van der Waals surface area contributed by atoms with Crippen molar-refractivity contribution in [3.8, 4) is 0 Å². The Morgan fingerprint density at radius 1 is 1.24 bits per heavy atom. The van der Waals surface area contributed by atoms with Crippen LogP contribution in [0.4, 0.5) is 0 Å². The summed E-state index contributed by atoms with van der Waals surface area (Å²) < 4.78 is 5.86. The molecule has 0 aliphatic rings. The molecule has 1 N–H and O–H groups in total. The second-order valence-electron chi connectivity index (χ2n) is 5.77. The molecule has 0 fully saturated rings. The van der Waals surface area contributed by atoms with Gasteiger partial charge in [-0.15, -0.1) is 0 Å². The van der Waals surface area contributed by atoms with E-state index in [2.05, 4.69) is 45.4 Å². The van der Waals surface area contributed by atoms with Crippen LogP contribution in [0, 0.1) is 0 Å². The Morgan fingerprint density at radius 2 is 1.76 bits per heavy atom. The van der Waals surface area contributed by atoms with Crippen molar-refractivity contribution in [1.82, 2.24) is 0 Å². The number of rotatable bonds is 5. The predicted molar refractivity (Wildman–Crippen MR) is 76.7 cm³/mol. The Balaban J connectivity index is 4.70. The van der Waals surface area contributed by atoms with Gasteiger partial charge in [0.05, 0.1) is 6.21 Å². The van der Waals surface area contributed by atoms with Crippen molar-refractivity contribution in [2.75, 3.05) is 0 Å². The van der Waals surface area contributed by atoms with E-state index in [1.165, 1.54) is 6.21 Å². The number of aliphatic hydroxyl groups is 1. The highest BCUT2D eigenvalue weighted by Gasteiger charge is 2.41. The Kier molecular flexibility index (Phi) is 5.51. The zero-order chi connectivity index (χ0) is 13.7. The van der Waals surface area contributed by atoms with Gasteiger partial charge in [0.15, 0.2) is 14.1 Å². The summed E-state index contributed by atoms with van der Waals surface area (Å²) in [7, 11) is -1.99. The fourth-order valence-electron chi connectivity index (χ4n) is 0.988. The lowest BCUT2D eigenvalue weighted by molar-refractivity contribution is -0.0649. The molecule has 1 atom stereocenters. The highest BCUT2D eigenvalue weighted by atomic mass is 28.4. The minimum atomic E-state index is -1.99. The van der Waals surface area contributed by atoms with E-state index in [1.807, 2.05) is 0 Å². The second-order valence-corrected chi connectivity index (χ2v) is 10.5. The van der Waals surface area contributed by atoms with Crippen molar-refractivity contribution < 1.29 is 9.53 Å². The van der Waals surface area contributed by atoms with Crippen molar-refractivity contribution in [2.45, 2.75) is 51.6 Å². The van der Waals surface area contributed by atoms with E-state index < -0.39 is 14.1 Å². The molecule has 0 aromatic heterocycles. The molecule has 0 saturated carbocycles. The van der Waals surface area contributed by atoms with Gasteiger partial charge in [0.1, 0.15) is 0 Å². The maximum atomic E-state index is 10.1.